The molecule has 0 radical (unpaired) electrons. The van der Waals surface area contributed by atoms with Crippen LogP contribution in [0, 0.1) is 20.8 Å². The highest BCUT2D eigenvalue weighted by Crippen LogP contribution is 2.27. The number of aryl methyl sites for hydroxylation is 3. The highest BCUT2D eigenvalue weighted by Gasteiger charge is 2.12. The second-order valence-corrected chi connectivity index (χ2v) is 5.43. The molecule has 0 saturated carbocycles. The summed E-state index contributed by atoms with van der Waals surface area (Å²) in [5.74, 6) is 0.0685. The van der Waals surface area contributed by atoms with Crippen molar-refractivity contribution in [2.75, 3.05) is 5.32 Å². The highest BCUT2D eigenvalue weighted by molar-refractivity contribution is 7.17. The Hall–Kier alpha value is -1.68. The van der Waals surface area contributed by atoms with Gasteiger partial charge in [0.05, 0.1) is 10.6 Å². The normalized spacial score (nSPS) is 10.4. The van der Waals surface area contributed by atoms with Crippen LogP contribution < -0.4 is 5.32 Å². The van der Waals surface area contributed by atoms with Gasteiger partial charge >= 0.3 is 0 Å². The first kappa shape index (κ1) is 12.8. The molecule has 0 saturated heterocycles. The maximum Gasteiger partial charge on any atom is 0.188 e. The first-order valence-corrected chi connectivity index (χ1v) is 6.61. The molecule has 0 amide bonds. The Morgan fingerprint density at radius 2 is 2.00 bits per heavy atom. The van der Waals surface area contributed by atoms with Crippen LogP contribution in [0.1, 0.15) is 33.4 Å². The number of thiazole rings is 1. The molecule has 1 N–H and O–H groups in total. The van der Waals surface area contributed by atoms with Crippen LogP contribution in [0.5, 0.6) is 0 Å². The van der Waals surface area contributed by atoms with Crippen LogP contribution in [0.4, 0.5) is 10.8 Å². The number of ketones is 1. The van der Waals surface area contributed by atoms with Crippen molar-refractivity contribution in [1.29, 1.82) is 0 Å². The molecule has 0 bridgehead atoms. The van der Waals surface area contributed by atoms with Gasteiger partial charge in [-0.3, -0.25) is 4.79 Å². The van der Waals surface area contributed by atoms with Crippen LogP contribution in [0.15, 0.2) is 18.2 Å². The van der Waals surface area contributed by atoms with Crippen LogP contribution in [0.2, 0.25) is 0 Å². The average Bonchev–Trinajstić information content (AvgIpc) is 2.65. The fraction of sp³-hybridized carbons (Fsp3) is 0.286. The number of carbonyl (C=O) groups is 1. The van der Waals surface area contributed by atoms with Gasteiger partial charge in [-0.15, -0.1) is 0 Å². The van der Waals surface area contributed by atoms with Crippen molar-refractivity contribution in [3.05, 3.63) is 39.9 Å². The smallest absolute Gasteiger partial charge is 0.188 e. The maximum absolute atomic E-state index is 11.4. The summed E-state index contributed by atoms with van der Waals surface area (Å²) in [6.07, 6.45) is 0. The number of nitrogens with one attached hydrogen (secondary N) is 1. The lowest BCUT2D eigenvalue weighted by Gasteiger charge is -2.07. The molecule has 0 spiro atoms. The van der Waals surface area contributed by atoms with Crippen LogP contribution in [0.3, 0.4) is 0 Å². The van der Waals surface area contributed by atoms with Gasteiger partial charge in [0, 0.05) is 12.6 Å². The standard InChI is InChI=1S/C14H16N2OS/c1-8-5-6-9(2)12(7-8)16-14-15-10(3)13(18-14)11(4)17/h5-7H,1-4H3,(H,15,16). The molecule has 18 heavy (non-hydrogen) atoms. The topological polar surface area (TPSA) is 42.0 Å². The van der Waals surface area contributed by atoms with Crippen LogP contribution >= 0.6 is 11.3 Å². The second kappa shape index (κ2) is 4.90. The van der Waals surface area contributed by atoms with Crippen molar-refractivity contribution in [3.8, 4) is 0 Å². The van der Waals surface area contributed by atoms with Gasteiger partial charge in [0.25, 0.3) is 0 Å². The first-order chi connectivity index (χ1) is 8.47. The van der Waals surface area contributed by atoms with Gasteiger partial charge in [-0.25, -0.2) is 4.98 Å². The highest BCUT2D eigenvalue weighted by atomic mass is 32.1. The van der Waals surface area contributed by atoms with Crippen LogP contribution in [-0.2, 0) is 0 Å². The minimum Gasteiger partial charge on any atom is -0.331 e. The van der Waals surface area contributed by atoms with Gasteiger partial charge in [-0.1, -0.05) is 23.5 Å². The van der Waals surface area contributed by atoms with Crippen molar-refractivity contribution in [2.45, 2.75) is 27.7 Å². The zero-order valence-electron chi connectivity index (χ0n) is 11.0. The Labute approximate surface area is 111 Å². The lowest BCUT2D eigenvalue weighted by Crippen LogP contribution is -1.93. The lowest BCUT2D eigenvalue weighted by molar-refractivity contribution is 0.102. The molecule has 1 aromatic heterocycles. The number of carbonyl (C=O) groups excluding carboxylic acids is 1. The van der Waals surface area contributed by atoms with Crippen LogP contribution in [0.25, 0.3) is 0 Å². The van der Waals surface area contributed by atoms with Crippen molar-refractivity contribution < 1.29 is 4.79 Å². The van der Waals surface area contributed by atoms with Gasteiger partial charge in [0.15, 0.2) is 10.9 Å². The lowest BCUT2D eigenvalue weighted by atomic mass is 10.1. The van der Waals surface area contributed by atoms with Gasteiger partial charge in [-0.05, 0) is 38.0 Å². The number of benzene rings is 1. The summed E-state index contributed by atoms with van der Waals surface area (Å²) in [7, 11) is 0. The second-order valence-electron chi connectivity index (χ2n) is 4.43. The van der Waals surface area contributed by atoms with E-state index in [1.54, 1.807) is 6.92 Å². The van der Waals surface area contributed by atoms with Gasteiger partial charge < -0.3 is 5.32 Å². The van der Waals surface area contributed by atoms with E-state index in [-0.39, 0.29) is 5.78 Å². The van der Waals surface area contributed by atoms with E-state index in [9.17, 15) is 4.79 Å². The summed E-state index contributed by atoms with van der Waals surface area (Å²) in [6.45, 7) is 7.54. The summed E-state index contributed by atoms with van der Waals surface area (Å²) in [5, 5.41) is 4.05. The number of aromatic nitrogens is 1. The molecule has 1 heterocycles. The SMILES string of the molecule is CC(=O)c1sc(Nc2cc(C)ccc2C)nc1C. The molecule has 4 heteroatoms. The van der Waals surface area contributed by atoms with E-state index >= 15 is 0 Å². The zero-order chi connectivity index (χ0) is 13.3. The first-order valence-electron chi connectivity index (χ1n) is 5.80. The van der Waals surface area contributed by atoms with E-state index in [0.717, 1.165) is 27.0 Å². The summed E-state index contributed by atoms with van der Waals surface area (Å²) in [5.41, 5.74) is 4.19. The van der Waals surface area contributed by atoms with Crippen LogP contribution in [-0.4, -0.2) is 10.8 Å². The van der Waals surface area contributed by atoms with E-state index in [4.69, 9.17) is 0 Å². The largest absolute Gasteiger partial charge is 0.331 e. The number of hydrogen-bond acceptors (Lipinski definition) is 4. The zero-order valence-corrected chi connectivity index (χ0v) is 11.8. The quantitative estimate of drug-likeness (QED) is 0.848. The molecule has 3 nitrogen and oxygen atoms in total. The molecule has 0 unspecified atom stereocenters. The summed E-state index contributed by atoms with van der Waals surface area (Å²) < 4.78 is 0. The number of nitrogens with zero attached hydrogens (tertiary/aromatic N) is 1. The molecular weight excluding hydrogens is 244 g/mol. The number of rotatable bonds is 3. The molecule has 1 aromatic carbocycles. The number of anilines is 2. The Kier molecular flexibility index (Phi) is 3.48. The average molecular weight is 260 g/mol. The predicted octanol–water partition coefficient (Wildman–Crippen LogP) is 4.01. The Morgan fingerprint density at radius 3 is 2.61 bits per heavy atom. The van der Waals surface area contributed by atoms with Gasteiger partial charge in [0.1, 0.15) is 0 Å². The molecule has 94 valence electrons. The third kappa shape index (κ3) is 2.59. The van der Waals surface area contributed by atoms with E-state index < -0.39 is 0 Å². The summed E-state index contributed by atoms with van der Waals surface area (Å²) >= 11 is 1.41. The molecule has 0 atom stereocenters. The van der Waals surface area contributed by atoms with Gasteiger partial charge in [0.2, 0.25) is 0 Å². The number of Topliss-reactive ketones (excluding diaryl/α,β-unsaturated/α-hetero) is 1. The monoisotopic (exact) mass is 260 g/mol. The van der Waals surface area contributed by atoms with E-state index in [2.05, 4.69) is 35.4 Å². The third-order valence-electron chi connectivity index (χ3n) is 2.75. The molecule has 0 fully saturated rings. The predicted molar refractivity (Wildman–Crippen MR) is 76.1 cm³/mol. The molecule has 2 rings (SSSR count). The summed E-state index contributed by atoms with van der Waals surface area (Å²) in [6, 6.07) is 6.23. The molecule has 0 aliphatic heterocycles. The molecule has 0 aliphatic carbocycles. The van der Waals surface area contributed by atoms with Crippen molar-refractivity contribution >= 4 is 27.9 Å². The maximum atomic E-state index is 11.4. The fourth-order valence-electron chi connectivity index (χ4n) is 1.76. The minimum atomic E-state index is 0.0685. The van der Waals surface area contributed by atoms with Crippen molar-refractivity contribution in [2.24, 2.45) is 0 Å². The summed E-state index contributed by atoms with van der Waals surface area (Å²) in [4.78, 5) is 16.5. The molecular formula is C14H16N2OS. The third-order valence-corrected chi connectivity index (χ3v) is 3.92. The fourth-order valence-corrected chi connectivity index (χ4v) is 2.64. The minimum absolute atomic E-state index is 0.0685. The Morgan fingerprint density at radius 1 is 1.28 bits per heavy atom. The van der Waals surface area contributed by atoms with E-state index in [1.807, 2.05) is 13.8 Å². The Balaban J connectivity index is 2.31. The number of hydrogen-bond donors (Lipinski definition) is 1. The van der Waals surface area contributed by atoms with Crippen molar-refractivity contribution in [1.82, 2.24) is 4.98 Å². The van der Waals surface area contributed by atoms with Crippen molar-refractivity contribution in [3.63, 3.8) is 0 Å². The molecule has 2 aromatic rings. The Bertz CT molecular complexity index is 602. The van der Waals surface area contributed by atoms with Gasteiger partial charge in [-0.2, -0.15) is 0 Å². The molecule has 0 aliphatic rings. The van der Waals surface area contributed by atoms with E-state index in [1.165, 1.54) is 16.9 Å². The van der Waals surface area contributed by atoms with E-state index in [0.29, 0.717) is 0 Å².